The van der Waals surface area contributed by atoms with E-state index >= 15 is 0 Å². The molecule has 3 heteroatoms. The van der Waals surface area contributed by atoms with Gasteiger partial charge in [-0.15, -0.1) is 0 Å². The predicted octanol–water partition coefficient (Wildman–Crippen LogP) is 4.26. The number of benzene rings is 1. The fraction of sp³-hybridized carbons (Fsp3) is 0.500. The summed E-state index contributed by atoms with van der Waals surface area (Å²) in [6.07, 6.45) is 2.91. The Morgan fingerprint density at radius 1 is 1.24 bits per heavy atom. The van der Waals surface area contributed by atoms with Gasteiger partial charge in [-0.05, 0) is 24.5 Å². The second-order valence-electron chi connectivity index (χ2n) is 4.37. The first-order valence-corrected chi connectivity index (χ1v) is 6.44. The summed E-state index contributed by atoms with van der Waals surface area (Å²) >= 11 is 6.16. The standard InChI is InChI=1S/C14H19ClO2/c1-3-9-14(10-4-2,13(16)17)11-7-5-6-8-12(11)15/h5-8H,3-4,9-10H2,1-2H3,(H,16,17). The molecule has 0 aromatic heterocycles. The number of hydrogen-bond donors (Lipinski definition) is 1. The molecule has 0 saturated carbocycles. The van der Waals surface area contributed by atoms with Crippen LogP contribution in [-0.4, -0.2) is 11.1 Å². The Morgan fingerprint density at radius 2 is 1.76 bits per heavy atom. The molecule has 94 valence electrons. The maximum atomic E-state index is 11.7. The summed E-state index contributed by atoms with van der Waals surface area (Å²) in [5.74, 6) is -0.769. The van der Waals surface area contributed by atoms with Gasteiger partial charge < -0.3 is 5.11 Å². The van der Waals surface area contributed by atoms with E-state index in [4.69, 9.17) is 11.6 Å². The van der Waals surface area contributed by atoms with Crippen molar-refractivity contribution in [2.45, 2.75) is 44.9 Å². The summed E-state index contributed by atoms with van der Waals surface area (Å²) in [4.78, 5) is 11.7. The lowest BCUT2D eigenvalue weighted by molar-refractivity contribution is -0.144. The highest BCUT2D eigenvalue weighted by Gasteiger charge is 2.39. The molecule has 0 fully saturated rings. The Hall–Kier alpha value is -1.02. The maximum absolute atomic E-state index is 11.7. The van der Waals surface area contributed by atoms with Crippen molar-refractivity contribution in [3.05, 3.63) is 34.9 Å². The molecule has 1 N–H and O–H groups in total. The molecule has 1 aromatic carbocycles. The van der Waals surface area contributed by atoms with Crippen molar-refractivity contribution in [3.8, 4) is 0 Å². The molecular formula is C14H19ClO2. The van der Waals surface area contributed by atoms with Crippen LogP contribution >= 0.6 is 11.6 Å². The average molecular weight is 255 g/mol. The minimum atomic E-state index is -0.832. The van der Waals surface area contributed by atoms with Gasteiger partial charge in [0.15, 0.2) is 0 Å². The third-order valence-electron chi connectivity index (χ3n) is 3.15. The molecule has 2 nitrogen and oxygen atoms in total. The molecular weight excluding hydrogens is 236 g/mol. The van der Waals surface area contributed by atoms with Crippen molar-refractivity contribution in [1.82, 2.24) is 0 Å². The lowest BCUT2D eigenvalue weighted by Gasteiger charge is -2.30. The fourth-order valence-electron chi connectivity index (χ4n) is 2.43. The molecule has 0 saturated heterocycles. The zero-order valence-electron chi connectivity index (χ0n) is 10.4. The lowest BCUT2D eigenvalue weighted by Crippen LogP contribution is -2.36. The van der Waals surface area contributed by atoms with Crippen molar-refractivity contribution in [1.29, 1.82) is 0 Å². The highest BCUT2D eigenvalue weighted by molar-refractivity contribution is 6.31. The van der Waals surface area contributed by atoms with Gasteiger partial charge in [0.2, 0.25) is 0 Å². The molecule has 0 bridgehead atoms. The van der Waals surface area contributed by atoms with Gasteiger partial charge in [0.05, 0.1) is 5.41 Å². The summed E-state index contributed by atoms with van der Waals surface area (Å²) in [7, 11) is 0. The number of halogens is 1. The van der Waals surface area contributed by atoms with E-state index < -0.39 is 11.4 Å². The van der Waals surface area contributed by atoms with Crippen LogP contribution in [0.25, 0.3) is 0 Å². The van der Waals surface area contributed by atoms with Crippen molar-refractivity contribution in [2.75, 3.05) is 0 Å². The van der Waals surface area contributed by atoms with Crippen LogP contribution in [0, 0.1) is 0 Å². The molecule has 0 radical (unpaired) electrons. The Bertz CT molecular complexity index is 382. The quantitative estimate of drug-likeness (QED) is 0.824. The van der Waals surface area contributed by atoms with Crippen LogP contribution in [0.3, 0.4) is 0 Å². The largest absolute Gasteiger partial charge is 0.481 e. The van der Waals surface area contributed by atoms with Crippen LogP contribution in [0.2, 0.25) is 5.02 Å². The van der Waals surface area contributed by atoms with Crippen molar-refractivity contribution in [3.63, 3.8) is 0 Å². The predicted molar refractivity (Wildman–Crippen MR) is 70.6 cm³/mol. The Balaban J connectivity index is 3.30. The fourth-order valence-corrected chi connectivity index (χ4v) is 2.74. The van der Waals surface area contributed by atoms with Crippen LogP contribution in [0.15, 0.2) is 24.3 Å². The number of carboxylic acids is 1. The highest BCUT2D eigenvalue weighted by atomic mass is 35.5. The smallest absolute Gasteiger partial charge is 0.314 e. The second-order valence-corrected chi connectivity index (χ2v) is 4.77. The number of carboxylic acid groups (broad SMARTS) is 1. The lowest BCUT2D eigenvalue weighted by atomic mass is 9.73. The average Bonchev–Trinajstić information content (AvgIpc) is 2.29. The van der Waals surface area contributed by atoms with Crippen LogP contribution in [-0.2, 0) is 10.2 Å². The third kappa shape index (κ3) is 2.81. The van der Waals surface area contributed by atoms with Gasteiger partial charge in [0.25, 0.3) is 0 Å². The molecule has 0 unspecified atom stereocenters. The van der Waals surface area contributed by atoms with Gasteiger partial charge in [-0.25, -0.2) is 0 Å². The van der Waals surface area contributed by atoms with E-state index in [2.05, 4.69) is 0 Å². The summed E-state index contributed by atoms with van der Waals surface area (Å²) < 4.78 is 0. The zero-order chi connectivity index (χ0) is 12.9. The van der Waals surface area contributed by atoms with E-state index in [0.29, 0.717) is 17.9 Å². The highest BCUT2D eigenvalue weighted by Crippen LogP contribution is 2.38. The van der Waals surface area contributed by atoms with E-state index in [9.17, 15) is 9.90 Å². The van der Waals surface area contributed by atoms with Crippen molar-refractivity contribution in [2.24, 2.45) is 0 Å². The van der Waals surface area contributed by atoms with Crippen LogP contribution in [0.5, 0.6) is 0 Å². The monoisotopic (exact) mass is 254 g/mol. The minimum Gasteiger partial charge on any atom is -0.481 e. The molecule has 0 aliphatic carbocycles. The van der Waals surface area contributed by atoms with Gasteiger partial charge in [0, 0.05) is 5.02 Å². The molecule has 0 spiro atoms. The van der Waals surface area contributed by atoms with E-state index in [0.717, 1.165) is 18.4 Å². The number of carbonyl (C=O) groups is 1. The molecule has 0 aliphatic heterocycles. The van der Waals surface area contributed by atoms with Crippen LogP contribution in [0.4, 0.5) is 0 Å². The Kier molecular flexibility index (Phi) is 5.01. The van der Waals surface area contributed by atoms with E-state index in [1.807, 2.05) is 32.0 Å². The van der Waals surface area contributed by atoms with E-state index in [1.54, 1.807) is 6.07 Å². The number of aliphatic carboxylic acids is 1. The molecule has 1 rings (SSSR count). The van der Waals surface area contributed by atoms with Gasteiger partial charge in [-0.1, -0.05) is 56.5 Å². The Labute approximate surface area is 108 Å². The normalized spacial score (nSPS) is 11.5. The number of rotatable bonds is 6. The first-order chi connectivity index (χ1) is 8.08. The molecule has 0 aliphatic rings. The van der Waals surface area contributed by atoms with E-state index in [-0.39, 0.29) is 0 Å². The van der Waals surface area contributed by atoms with Crippen molar-refractivity contribution < 1.29 is 9.90 Å². The van der Waals surface area contributed by atoms with Crippen LogP contribution in [0.1, 0.15) is 45.1 Å². The van der Waals surface area contributed by atoms with Gasteiger partial charge in [0.1, 0.15) is 0 Å². The van der Waals surface area contributed by atoms with Crippen molar-refractivity contribution >= 4 is 17.6 Å². The second kappa shape index (κ2) is 6.06. The third-order valence-corrected chi connectivity index (χ3v) is 3.48. The topological polar surface area (TPSA) is 37.3 Å². The SMILES string of the molecule is CCCC(CCC)(C(=O)O)c1ccccc1Cl. The maximum Gasteiger partial charge on any atom is 0.314 e. The summed E-state index contributed by atoms with van der Waals surface area (Å²) in [6, 6.07) is 7.28. The molecule has 17 heavy (non-hydrogen) atoms. The first-order valence-electron chi connectivity index (χ1n) is 6.07. The minimum absolute atomic E-state index is 0.553. The summed E-state index contributed by atoms with van der Waals surface area (Å²) in [6.45, 7) is 4.01. The first kappa shape index (κ1) is 14.0. The summed E-state index contributed by atoms with van der Waals surface area (Å²) in [5, 5.41) is 10.2. The van der Waals surface area contributed by atoms with Gasteiger partial charge in [-0.2, -0.15) is 0 Å². The van der Waals surface area contributed by atoms with Gasteiger partial charge in [-0.3, -0.25) is 4.79 Å². The Morgan fingerprint density at radius 3 is 2.18 bits per heavy atom. The van der Waals surface area contributed by atoms with E-state index in [1.165, 1.54) is 0 Å². The molecule has 0 heterocycles. The zero-order valence-corrected chi connectivity index (χ0v) is 11.1. The summed E-state index contributed by atoms with van der Waals surface area (Å²) in [5.41, 5.74) is -0.0835. The van der Waals surface area contributed by atoms with Crippen LogP contribution < -0.4 is 0 Å². The molecule has 1 aromatic rings. The molecule has 0 atom stereocenters. The van der Waals surface area contributed by atoms with Gasteiger partial charge >= 0.3 is 5.97 Å². The molecule has 0 amide bonds. The number of hydrogen-bond acceptors (Lipinski definition) is 1.